The second-order valence-electron chi connectivity index (χ2n) is 11.7. The van der Waals surface area contributed by atoms with Crippen LogP contribution in [0.5, 0.6) is 0 Å². The minimum absolute atomic E-state index is 0.0388. The van der Waals surface area contributed by atoms with Crippen LogP contribution in [-0.4, -0.2) is 144 Å². The van der Waals surface area contributed by atoms with E-state index in [9.17, 15) is 9.59 Å². The third-order valence-electron chi connectivity index (χ3n) is 7.66. The van der Waals surface area contributed by atoms with Gasteiger partial charge in [0.15, 0.2) is 5.13 Å². The molecular formula is C34H51ClN9O7S+. The minimum atomic E-state index is -0.290. The number of para-hydroxylation sites is 1. The Hall–Kier alpha value is -3.52. The number of anilines is 4. The van der Waals surface area contributed by atoms with E-state index in [1.54, 1.807) is 6.07 Å². The number of halogens is 1. The van der Waals surface area contributed by atoms with Gasteiger partial charge < -0.3 is 50.3 Å². The molecule has 2 amide bonds. The normalized spacial score (nSPS) is 13.3. The molecule has 6 N–H and O–H groups in total. The molecule has 1 aliphatic rings. The predicted molar refractivity (Wildman–Crippen MR) is 200 cm³/mol. The Morgan fingerprint density at radius 1 is 0.885 bits per heavy atom. The number of aromatic nitrogens is 3. The lowest BCUT2D eigenvalue weighted by Crippen LogP contribution is -2.52. The van der Waals surface area contributed by atoms with Gasteiger partial charge in [-0.3, -0.25) is 14.5 Å². The number of nitrogens with one attached hydrogen (secondary N) is 3. The van der Waals surface area contributed by atoms with Gasteiger partial charge in [0.2, 0.25) is 5.91 Å². The Balaban J connectivity index is 1.06. The van der Waals surface area contributed by atoms with Crippen LogP contribution in [0.25, 0.3) is 0 Å². The minimum Gasteiger partial charge on any atom is -0.377 e. The van der Waals surface area contributed by atoms with Gasteiger partial charge in [-0.1, -0.05) is 35.1 Å². The summed E-state index contributed by atoms with van der Waals surface area (Å²) < 4.78 is 27.2. The summed E-state index contributed by atoms with van der Waals surface area (Å²) in [4.78, 5) is 43.6. The Morgan fingerprint density at radius 2 is 1.52 bits per heavy atom. The number of aryl methyl sites for hydroxylation is 2. The molecule has 3 aromatic rings. The van der Waals surface area contributed by atoms with Crippen LogP contribution in [0.4, 0.5) is 22.5 Å². The van der Waals surface area contributed by atoms with Crippen LogP contribution in [0.1, 0.15) is 21.1 Å². The maximum absolute atomic E-state index is 12.9. The predicted octanol–water partition coefficient (Wildman–Crippen LogP) is 1.76. The first-order valence-corrected chi connectivity index (χ1v) is 18.6. The summed E-state index contributed by atoms with van der Waals surface area (Å²) in [5.41, 5.74) is 5.16. The lowest BCUT2D eigenvalue weighted by atomic mass is 10.2. The van der Waals surface area contributed by atoms with Gasteiger partial charge in [0, 0.05) is 38.8 Å². The van der Waals surface area contributed by atoms with Gasteiger partial charge in [-0.2, -0.15) is 0 Å². The van der Waals surface area contributed by atoms with E-state index >= 15 is 0 Å². The highest BCUT2D eigenvalue weighted by molar-refractivity contribution is 7.17. The van der Waals surface area contributed by atoms with Crippen molar-refractivity contribution >= 4 is 57.2 Å². The number of amides is 2. The van der Waals surface area contributed by atoms with Crippen LogP contribution in [0, 0.1) is 13.8 Å². The third kappa shape index (κ3) is 14.8. The van der Waals surface area contributed by atoms with E-state index in [2.05, 4.69) is 46.4 Å². The summed E-state index contributed by atoms with van der Waals surface area (Å²) in [6.45, 7) is 13.2. The van der Waals surface area contributed by atoms with Crippen molar-refractivity contribution in [3.8, 4) is 0 Å². The smallest absolute Gasteiger partial charge is 0.267 e. The number of benzene rings is 1. The molecule has 1 fully saturated rings. The van der Waals surface area contributed by atoms with Crippen LogP contribution in [-0.2, 0) is 28.5 Å². The highest BCUT2D eigenvalue weighted by atomic mass is 35.5. The zero-order chi connectivity index (χ0) is 37.0. The summed E-state index contributed by atoms with van der Waals surface area (Å²) in [6, 6.07) is 7.32. The monoisotopic (exact) mass is 764 g/mol. The molecule has 1 aliphatic heterocycles. The molecule has 0 saturated carbocycles. The van der Waals surface area contributed by atoms with Gasteiger partial charge in [0.25, 0.3) is 5.91 Å². The molecule has 0 spiro atoms. The fourth-order valence-electron chi connectivity index (χ4n) is 5.03. The van der Waals surface area contributed by atoms with E-state index in [-0.39, 0.29) is 11.8 Å². The molecule has 286 valence electrons. The number of thiazole rings is 1. The summed E-state index contributed by atoms with van der Waals surface area (Å²) >= 11 is 7.49. The summed E-state index contributed by atoms with van der Waals surface area (Å²) in [6.07, 6.45) is 1.52. The molecule has 0 radical (unpaired) electrons. The van der Waals surface area contributed by atoms with E-state index in [1.807, 2.05) is 32.0 Å². The standard InChI is InChI=1S/C34H50ClN9O7S/c1-25-4-3-5-27(35)32(25)42-33(46)28-23-38-34(52-28)41-29-22-30(40-26(2)39-29)44-10-8-43(9-11-44)24-31(45)37-7-13-48-15-17-50-19-21-51-20-18-49-16-14-47-12-6-36/h3-5,22-23H,6-21,24,36H2,1-2H3,(H,37,45)(H,42,46)(H,38,39,40,41)/p+1. The van der Waals surface area contributed by atoms with E-state index in [0.717, 1.165) is 17.9 Å². The number of ether oxygens (including phenoxy) is 5. The van der Waals surface area contributed by atoms with Gasteiger partial charge in [-0.25, -0.2) is 15.0 Å². The van der Waals surface area contributed by atoms with Crippen molar-refractivity contribution in [3.05, 3.63) is 51.7 Å². The second-order valence-corrected chi connectivity index (χ2v) is 13.2. The number of quaternary nitrogens is 1. The number of nitrogens with zero attached hydrogens (tertiary/aromatic N) is 5. The summed E-state index contributed by atoms with van der Waals surface area (Å²) in [7, 11) is 0. The van der Waals surface area contributed by atoms with Gasteiger partial charge in [-0.15, -0.1) is 0 Å². The molecule has 52 heavy (non-hydrogen) atoms. The van der Waals surface area contributed by atoms with E-state index in [1.165, 1.54) is 17.5 Å². The van der Waals surface area contributed by atoms with Crippen molar-refractivity contribution in [2.45, 2.75) is 13.8 Å². The molecule has 4 rings (SSSR count). The van der Waals surface area contributed by atoms with Crippen LogP contribution < -0.4 is 26.6 Å². The molecule has 16 nitrogen and oxygen atoms in total. The van der Waals surface area contributed by atoms with Crippen molar-refractivity contribution in [3.63, 3.8) is 0 Å². The number of hydrogen-bond acceptors (Lipinski definition) is 14. The maximum Gasteiger partial charge on any atom is 0.267 e. The van der Waals surface area contributed by atoms with Crippen LogP contribution >= 0.6 is 22.9 Å². The molecule has 0 unspecified atom stereocenters. The van der Waals surface area contributed by atoms with E-state index < -0.39 is 0 Å². The number of carbonyl (C=O) groups is 2. The second kappa shape index (κ2) is 23.2. The Labute approximate surface area is 313 Å². The van der Waals surface area contributed by atoms with Gasteiger partial charge in [-0.05, 0) is 25.5 Å². The summed E-state index contributed by atoms with van der Waals surface area (Å²) in [5, 5.41) is 10.0. The zero-order valence-electron chi connectivity index (χ0n) is 30.0. The average molecular weight is 765 g/mol. The molecule has 18 heteroatoms. The Bertz CT molecular complexity index is 1510. The van der Waals surface area contributed by atoms with Crippen LogP contribution in [0.3, 0.4) is 0 Å². The van der Waals surface area contributed by atoms with Gasteiger partial charge in [0.05, 0.1) is 96.1 Å². The number of rotatable bonds is 24. The van der Waals surface area contributed by atoms with Crippen molar-refractivity contribution in [1.82, 2.24) is 25.2 Å². The average Bonchev–Trinajstić information content (AvgIpc) is 3.60. The highest BCUT2D eigenvalue weighted by Crippen LogP contribution is 2.28. The number of carbonyl (C=O) groups excluding carboxylic acids is 2. The van der Waals surface area contributed by atoms with E-state index in [4.69, 9.17) is 35.3 Å². The SMILES string of the molecule is Cc1nc(Nc2ncc(C(=O)Nc3c(C)cccc3Cl)s2)cc(N2CCN(CC(=O)NCCOCCOCCOCCOCCOCC[NH3+])CC2)n1. The first-order chi connectivity index (χ1) is 25.3. The topological polar surface area (TPSA) is 189 Å². The van der Waals surface area contributed by atoms with Gasteiger partial charge >= 0.3 is 0 Å². The third-order valence-corrected chi connectivity index (χ3v) is 8.88. The molecule has 0 aliphatic carbocycles. The Kier molecular flexibility index (Phi) is 18.4. The Morgan fingerprint density at radius 3 is 2.15 bits per heavy atom. The maximum atomic E-state index is 12.9. The van der Waals surface area contributed by atoms with Crippen molar-refractivity contribution in [2.24, 2.45) is 0 Å². The van der Waals surface area contributed by atoms with Crippen molar-refractivity contribution in [2.75, 3.05) is 127 Å². The molecule has 3 heterocycles. The molecular weight excluding hydrogens is 714 g/mol. The number of piperazine rings is 1. The van der Waals surface area contributed by atoms with E-state index in [0.29, 0.717) is 138 Å². The quantitative estimate of drug-likeness (QED) is 0.0968. The van der Waals surface area contributed by atoms with Gasteiger partial charge in [0.1, 0.15) is 22.3 Å². The van der Waals surface area contributed by atoms with Crippen LogP contribution in [0.15, 0.2) is 30.5 Å². The largest absolute Gasteiger partial charge is 0.377 e. The first kappa shape index (κ1) is 41.2. The lowest BCUT2D eigenvalue weighted by molar-refractivity contribution is -0.374. The molecule has 1 aromatic carbocycles. The fourth-order valence-corrected chi connectivity index (χ4v) is 6.02. The lowest BCUT2D eigenvalue weighted by Gasteiger charge is -2.35. The van der Waals surface area contributed by atoms with Crippen molar-refractivity contribution in [1.29, 1.82) is 0 Å². The summed E-state index contributed by atoms with van der Waals surface area (Å²) in [5.74, 6) is 1.64. The molecule has 2 aromatic heterocycles. The highest BCUT2D eigenvalue weighted by Gasteiger charge is 2.21. The fraction of sp³-hybridized carbons (Fsp3) is 0.559. The van der Waals surface area contributed by atoms with Crippen molar-refractivity contribution < 1.29 is 39.0 Å². The first-order valence-electron chi connectivity index (χ1n) is 17.4. The number of hydrogen-bond donors (Lipinski definition) is 4. The van der Waals surface area contributed by atoms with Crippen LogP contribution in [0.2, 0.25) is 5.02 Å². The zero-order valence-corrected chi connectivity index (χ0v) is 31.6. The molecule has 0 bridgehead atoms. The molecule has 0 atom stereocenters. The molecule has 1 saturated heterocycles.